The lowest BCUT2D eigenvalue weighted by Crippen LogP contribution is -2.41. The molecule has 1 heterocycles. The SMILES string of the molecule is CCCC.CCOC(=O)C[C@H](NC(=O)CN)C1=CC=C2OCOC2=CC1. The van der Waals surface area contributed by atoms with Crippen molar-refractivity contribution in [3.63, 3.8) is 0 Å². The van der Waals surface area contributed by atoms with Gasteiger partial charge in [-0.15, -0.1) is 0 Å². The molecule has 7 heteroatoms. The molecule has 0 aromatic carbocycles. The van der Waals surface area contributed by atoms with Crippen LogP contribution in [-0.4, -0.2) is 37.9 Å². The Morgan fingerprint density at radius 2 is 1.88 bits per heavy atom. The second-order valence-electron chi connectivity index (χ2n) is 5.78. The largest absolute Gasteiger partial charge is 0.466 e. The highest BCUT2D eigenvalue weighted by molar-refractivity contribution is 5.80. The number of carbonyl (C=O) groups is 2. The Morgan fingerprint density at radius 3 is 2.50 bits per heavy atom. The lowest BCUT2D eigenvalue weighted by atomic mass is 10.00. The van der Waals surface area contributed by atoms with Crippen LogP contribution >= 0.6 is 0 Å². The molecule has 146 valence electrons. The van der Waals surface area contributed by atoms with Gasteiger partial charge in [-0.3, -0.25) is 9.59 Å². The second kappa shape index (κ2) is 12.1. The fraction of sp³-hybridized carbons (Fsp3) is 0.579. The van der Waals surface area contributed by atoms with Crippen LogP contribution in [0, 0.1) is 0 Å². The summed E-state index contributed by atoms with van der Waals surface area (Å²) in [7, 11) is 0. The summed E-state index contributed by atoms with van der Waals surface area (Å²) in [5.74, 6) is 0.622. The van der Waals surface area contributed by atoms with E-state index in [-0.39, 0.29) is 31.6 Å². The third-order valence-corrected chi connectivity index (χ3v) is 3.79. The maximum atomic E-state index is 11.7. The van der Waals surface area contributed by atoms with Gasteiger partial charge in [-0.2, -0.15) is 0 Å². The fourth-order valence-corrected chi connectivity index (χ4v) is 2.22. The normalized spacial score (nSPS) is 16.1. The van der Waals surface area contributed by atoms with Crippen LogP contribution in [0.4, 0.5) is 0 Å². The summed E-state index contributed by atoms with van der Waals surface area (Å²) < 4.78 is 15.6. The van der Waals surface area contributed by atoms with E-state index in [0.29, 0.717) is 24.5 Å². The fourth-order valence-electron chi connectivity index (χ4n) is 2.22. The molecule has 2 rings (SSSR count). The minimum absolute atomic E-state index is 0.0550. The molecule has 1 aliphatic heterocycles. The number of carbonyl (C=O) groups excluding carboxylic acids is 2. The first kappa shape index (κ1) is 21.8. The molecule has 2 aliphatic rings. The van der Waals surface area contributed by atoms with Crippen LogP contribution < -0.4 is 11.1 Å². The first-order chi connectivity index (χ1) is 12.5. The highest BCUT2D eigenvalue weighted by atomic mass is 16.7. The van der Waals surface area contributed by atoms with Crippen LogP contribution in [0.25, 0.3) is 0 Å². The van der Waals surface area contributed by atoms with E-state index in [4.69, 9.17) is 19.9 Å². The molecule has 0 bridgehead atoms. The summed E-state index contributed by atoms with van der Waals surface area (Å²) in [6.07, 6.45) is 8.69. The Balaban J connectivity index is 0.000000765. The van der Waals surface area contributed by atoms with Gasteiger partial charge in [0.15, 0.2) is 11.5 Å². The lowest BCUT2D eigenvalue weighted by molar-refractivity contribution is -0.143. The second-order valence-corrected chi connectivity index (χ2v) is 5.78. The van der Waals surface area contributed by atoms with Gasteiger partial charge in [0.25, 0.3) is 0 Å². The average molecular weight is 366 g/mol. The number of allylic oxidation sites excluding steroid dienone is 3. The van der Waals surface area contributed by atoms with E-state index in [9.17, 15) is 9.59 Å². The zero-order valence-corrected chi connectivity index (χ0v) is 15.9. The Kier molecular flexibility index (Phi) is 10.2. The van der Waals surface area contributed by atoms with E-state index >= 15 is 0 Å². The molecular weight excluding hydrogens is 336 g/mol. The first-order valence-corrected chi connectivity index (χ1v) is 9.07. The molecule has 0 spiro atoms. The molecule has 3 N–H and O–H groups in total. The number of ether oxygens (including phenoxy) is 3. The quantitative estimate of drug-likeness (QED) is 0.671. The zero-order valence-electron chi connectivity index (χ0n) is 15.9. The van der Waals surface area contributed by atoms with Crippen molar-refractivity contribution in [2.75, 3.05) is 19.9 Å². The Labute approximate surface area is 155 Å². The molecule has 0 radical (unpaired) electrons. The summed E-state index contributed by atoms with van der Waals surface area (Å²) in [5.41, 5.74) is 6.19. The van der Waals surface area contributed by atoms with Crippen LogP contribution in [0.1, 0.15) is 46.5 Å². The molecular formula is C19H30N2O5. The van der Waals surface area contributed by atoms with E-state index in [1.807, 2.05) is 12.2 Å². The Morgan fingerprint density at radius 1 is 1.19 bits per heavy atom. The molecule has 1 atom stereocenters. The van der Waals surface area contributed by atoms with Gasteiger partial charge in [0.1, 0.15) is 0 Å². The number of fused-ring (bicyclic) bond motifs is 1. The van der Waals surface area contributed by atoms with E-state index in [1.54, 1.807) is 13.0 Å². The number of hydrogen-bond acceptors (Lipinski definition) is 6. The number of nitrogens with two attached hydrogens (primary N) is 1. The number of esters is 1. The van der Waals surface area contributed by atoms with Gasteiger partial charge in [-0.1, -0.05) is 32.8 Å². The van der Waals surface area contributed by atoms with Crippen molar-refractivity contribution in [1.29, 1.82) is 0 Å². The smallest absolute Gasteiger partial charge is 0.308 e. The van der Waals surface area contributed by atoms with E-state index < -0.39 is 6.04 Å². The molecule has 0 saturated carbocycles. The molecule has 0 unspecified atom stereocenters. The topological polar surface area (TPSA) is 99.9 Å². The summed E-state index contributed by atoms with van der Waals surface area (Å²) in [4.78, 5) is 23.3. The van der Waals surface area contributed by atoms with Crippen LogP contribution in [-0.2, 0) is 23.8 Å². The minimum atomic E-state index is -0.470. The Hall–Kier alpha value is -2.28. The maximum absolute atomic E-state index is 11.7. The Bertz CT molecular complexity index is 564. The lowest BCUT2D eigenvalue weighted by Gasteiger charge is -2.20. The number of rotatable bonds is 7. The summed E-state index contributed by atoms with van der Waals surface area (Å²) in [5, 5.41) is 2.75. The maximum Gasteiger partial charge on any atom is 0.308 e. The molecule has 7 nitrogen and oxygen atoms in total. The molecule has 26 heavy (non-hydrogen) atoms. The third-order valence-electron chi connectivity index (χ3n) is 3.79. The van der Waals surface area contributed by atoms with Crippen molar-refractivity contribution in [2.45, 2.75) is 52.5 Å². The standard InChI is InChI=1S/C15H20N2O5.C4H10/c1-2-20-15(19)7-11(17-14(18)8-16)10-3-5-12-13(6-4-10)22-9-21-12;1-3-4-2/h3,5-6,11H,2,4,7-9,16H2,1H3,(H,17,18);3-4H2,1-2H3/t11-;/m0./s1. The van der Waals surface area contributed by atoms with Crippen LogP contribution in [0.2, 0.25) is 0 Å². The average Bonchev–Trinajstić information content (AvgIpc) is 2.99. The van der Waals surface area contributed by atoms with Crippen molar-refractivity contribution in [1.82, 2.24) is 5.32 Å². The summed E-state index contributed by atoms with van der Waals surface area (Å²) in [6, 6.07) is -0.470. The summed E-state index contributed by atoms with van der Waals surface area (Å²) >= 11 is 0. The van der Waals surface area contributed by atoms with Gasteiger partial charge < -0.3 is 25.3 Å². The summed E-state index contributed by atoms with van der Waals surface area (Å²) in [6.45, 7) is 6.46. The highest BCUT2D eigenvalue weighted by Gasteiger charge is 2.24. The molecule has 1 fully saturated rings. The number of unbranched alkanes of at least 4 members (excludes halogenated alkanes) is 1. The van der Waals surface area contributed by atoms with Gasteiger partial charge in [-0.25, -0.2) is 0 Å². The van der Waals surface area contributed by atoms with Crippen LogP contribution in [0.15, 0.2) is 35.3 Å². The van der Waals surface area contributed by atoms with Crippen LogP contribution in [0.5, 0.6) is 0 Å². The number of hydrogen-bond donors (Lipinski definition) is 2. The van der Waals surface area contributed by atoms with Gasteiger partial charge in [0.2, 0.25) is 12.7 Å². The molecule has 1 amide bonds. The van der Waals surface area contributed by atoms with E-state index in [2.05, 4.69) is 19.2 Å². The van der Waals surface area contributed by atoms with E-state index in [1.165, 1.54) is 12.8 Å². The van der Waals surface area contributed by atoms with E-state index in [0.717, 1.165) is 5.57 Å². The number of nitrogens with one attached hydrogen (secondary N) is 1. The predicted octanol–water partition coefficient (Wildman–Crippen LogP) is 2.29. The van der Waals surface area contributed by atoms with Crippen molar-refractivity contribution in [3.8, 4) is 0 Å². The van der Waals surface area contributed by atoms with Gasteiger partial charge in [0.05, 0.1) is 25.6 Å². The molecule has 1 aliphatic carbocycles. The molecule has 0 aromatic heterocycles. The first-order valence-electron chi connectivity index (χ1n) is 9.07. The van der Waals surface area contributed by atoms with Gasteiger partial charge >= 0.3 is 5.97 Å². The predicted molar refractivity (Wildman–Crippen MR) is 98.7 cm³/mol. The monoisotopic (exact) mass is 366 g/mol. The minimum Gasteiger partial charge on any atom is -0.466 e. The number of amides is 1. The third kappa shape index (κ3) is 7.31. The van der Waals surface area contributed by atoms with Crippen molar-refractivity contribution < 1.29 is 23.8 Å². The molecule has 0 aromatic rings. The van der Waals surface area contributed by atoms with Crippen LogP contribution in [0.3, 0.4) is 0 Å². The highest BCUT2D eigenvalue weighted by Crippen LogP contribution is 2.27. The molecule has 1 saturated heterocycles. The van der Waals surface area contributed by atoms with Crippen molar-refractivity contribution >= 4 is 11.9 Å². The van der Waals surface area contributed by atoms with Crippen molar-refractivity contribution in [3.05, 3.63) is 35.3 Å². The van der Waals surface area contributed by atoms with Crippen molar-refractivity contribution in [2.24, 2.45) is 5.73 Å². The zero-order chi connectivity index (χ0) is 19.4. The van der Waals surface area contributed by atoms with Gasteiger partial charge in [0, 0.05) is 0 Å². The van der Waals surface area contributed by atoms with Gasteiger partial charge in [-0.05, 0) is 31.1 Å².